The first kappa shape index (κ1) is 14.0. The van der Waals surface area contributed by atoms with Crippen molar-refractivity contribution in [2.75, 3.05) is 7.05 Å². The van der Waals surface area contributed by atoms with Gasteiger partial charge in [-0.2, -0.15) is 0 Å². The summed E-state index contributed by atoms with van der Waals surface area (Å²) in [6, 6.07) is 0. The van der Waals surface area contributed by atoms with Gasteiger partial charge >= 0.3 is 0 Å². The Hall–Kier alpha value is -1.10. The van der Waals surface area contributed by atoms with E-state index in [9.17, 15) is 0 Å². The summed E-state index contributed by atoms with van der Waals surface area (Å²) in [7, 11) is 1.78. The Labute approximate surface area is 108 Å². The summed E-state index contributed by atoms with van der Waals surface area (Å²) in [6.07, 6.45) is 0. The first-order valence-electron chi connectivity index (χ1n) is 5.73. The molecule has 1 heterocycles. The second-order valence-corrected chi connectivity index (χ2v) is 6.34. The number of rotatable bonds is 2. The molecule has 1 aromatic rings. The van der Waals surface area contributed by atoms with Crippen molar-refractivity contribution in [3.63, 3.8) is 0 Å². The number of hydrogen-bond donors (Lipinski definition) is 2. The number of guanidine groups is 1. The van der Waals surface area contributed by atoms with Crippen LogP contribution in [0.4, 0.5) is 0 Å². The van der Waals surface area contributed by atoms with Crippen molar-refractivity contribution in [2.24, 2.45) is 4.99 Å². The molecule has 17 heavy (non-hydrogen) atoms. The predicted molar refractivity (Wildman–Crippen MR) is 74.7 cm³/mol. The fourth-order valence-corrected chi connectivity index (χ4v) is 2.18. The third-order valence-corrected chi connectivity index (χ3v) is 3.27. The van der Waals surface area contributed by atoms with Gasteiger partial charge in [0.15, 0.2) is 5.96 Å². The van der Waals surface area contributed by atoms with Crippen LogP contribution in [0.1, 0.15) is 36.3 Å². The third-order valence-electron chi connectivity index (χ3n) is 2.20. The van der Waals surface area contributed by atoms with Gasteiger partial charge in [-0.1, -0.05) is 0 Å². The molecule has 0 aliphatic carbocycles. The van der Waals surface area contributed by atoms with E-state index in [2.05, 4.69) is 48.3 Å². The van der Waals surface area contributed by atoms with Crippen LogP contribution in [0.15, 0.2) is 4.99 Å². The number of thiazole rings is 1. The maximum absolute atomic E-state index is 4.49. The maximum Gasteiger partial charge on any atom is 0.191 e. The zero-order valence-corrected chi connectivity index (χ0v) is 12.3. The van der Waals surface area contributed by atoms with Gasteiger partial charge in [0.25, 0.3) is 0 Å². The van der Waals surface area contributed by atoms with Gasteiger partial charge in [-0.05, 0) is 34.6 Å². The normalized spacial score (nSPS) is 12.7. The van der Waals surface area contributed by atoms with E-state index in [1.165, 1.54) is 4.88 Å². The zero-order chi connectivity index (χ0) is 13.1. The van der Waals surface area contributed by atoms with E-state index in [0.29, 0.717) is 0 Å². The number of aromatic nitrogens is 1. The maximum atomic E-state index is 4.49. The average Bonchev–Trinajstić information content (AvgIpc) is 2.51. The van der Waals surface area contributed by atoms with Crippen LogP contribution in [0.5, 0.6) is 0 Å². The van der Waals surface area contributed by atoms with Gasteiger partial charge < -0.3 is 10.6 Å². The molecule has 96 valence electrons. The van der Waals surface area contributed by atoms with Gasteiger partial charge in [0.2, 0.25) is 0 Å². The lowest BCUT2D eigenvalue weighted by molar-refractivity contribution is 0.501. The van der Waals surface area contributed by atoms with E-state index in [-0.39, 0.29) is 5.54 Å². The Balaban J connectivity index is 2.54. The smallest absolute Gasteiger partial charge is 0.191 e. The number of nitrogens with one attached hydrogen (secondary N) is 2. The van der Waals surface area contributed by atoms with Gasteiger partial charge in [-0.15, -0.1) is 11.3 Å². The Morgan fingerprint density at radius 3 is 2.41 bits per heavy atom. The van der Waals surface area contributed by atoms with Crippen LogP contribution in [0.25, 0.3) is 0 Å². The summed E-state index contributed by atoms with van der Waals surface area (Å²) < 4.78 is 0. The molecule has 1 aromatic heterocycles. The average molecular weight is 254 g/mol. The van der Waals surface area contributed by atoms with Crippen LogP contribution in [0.3, 0.4) is 0 Å². The topological polar surface area (TPSA) is 49.3 Å². The minimum atomic E-state index is 0.0105. The molecular weight excluding hydrogens is 232 g/mol. The molecular formula is C12H22N4S. The van der Waals surface area contributed by atoms with Crippen LogP contribution in [-0.4, -0.2) is 23.5 Å². The van der Waals surface area contributed by atoms with Gasteiger partial charge in [-0.25, -0.2) is 4.98 Å². The van der Waals surface area contributed by atoms with Crippen LogP contribution in [-0.2, 0) is 6.54 Å². The fourth-order valence-electron chi connectivity index (χ4n) is 1.31. The lowest BCUT2D eigenvalue weighted by atomic mass is 10.1. The molecule has 0 unspecified atom stereocenters. The van der Waals surface area contributed by atoms with E-state index in [1.54, 1.807) is 18.4 Å². The third kappa shape index (κ3) is 4.73. The van der Waals surface area contributed by atoms with E-state index < -0.39 is 0 Å². The highest BCUT2D eigenvalue weighted by molar-refractivity contribution is 7.11. The summed E-state index contributed by atoms with van der Waals surface area (Å²) >= 11 is 1.73. The molecule has 0 saturated heterocycles. The van der Waals surface area contributed by atoms with Crippen LogP contribution < -0.4 is 10.6 Å². The molecule has 2 N–H and O–H groups in total. The molecule has 0 amide bonds. The summed E-state index contributed by atoms with van der Waals surface area (Å²) in [5.74, 6) is 0.808. The molecule has 0 spiro atoms. The Bertz CT molecular complexity index is 382. The van der Waals surface area contributed by atoms with Crippen molar-refractivity contribution in [3.8, 4) is 0 Å². The zero-order valence-electron chi connectivity index (χ0n) is 11.5. The van der Waals surface area contributed by atoms with Crippen LogP contribution in [0, 0.1) is 13.8 Å². The van der Waals surface area contributed by atoms with Crippen molar-refractivity contribution in [1.29, 1.82) is 0 Å². The van der Waals surface area contributed by atoms with E-state index >= 15 is 0 Å². The molecule has 0 aliphatic heterocycles. The van der Waals surface area contributed by atoms with E-state index in [1.807, 2.05) is 6.92 Å². The Morgan fingerprint density at radius 2 is 2.00 bits per heavy atom. The highest BCUT2D eigenvalue weighted by Crippen LogP contribution is 2.15. The molecule has 0 radical (unpaired) electrons. The highest BCUT2D eigenvalue weighted by Gasteiger charge is 2.12. The van der Waals surface area contributed by atoms with E-state index in [4.69, 9.17) is 0 Å². The molecule has 4 nitrogen and oxygen atoms in total. The Morgan fingerprint density at radius 1 is 1.35 bits per heavy atom. The second kappa shape index (κ2) is 5.49. The van der Waals surface area contributed by atoms with Crippen molar-refractivity contribution >= 4 is 17.3 Å². The largest absolute Gasteiger partial charge is 0.352 e. The van der Waals surface area contributed by atoms with Crippen molar-refractivity contribution < 1.29 is 0 Å². The SMILES string of the molecule is CN=C(NCc1nc(C)c(C)s1)NC(C)(C)C. The van der Waals surface area contributed by atoms with Crippen molar-refractivity contribution in [1.82, 2.24) is 15.6 Å². The standard InChI is InChI=1S/C12H22N4S/c1-8-9(2)17-10(15-8)7-14-11(13-6)16-12(3,4)5/h7H2,1-6H3,(H2,13,14,16). The lowest BCUT2D eigenvalue weighted by Gasteiger charge is -2.23. The van der Waals surface area contributed by atoms with Gasteiger partial charge in [0.05, 0.1) is 12.2 Å². The van der Waals surface area contributed by atoms with Crippen molar-refractivity contribution in [3.05, 3.63) is 15.6 Å². The summed E-state index contributed by atoms with van der Waals surface area (Å²) in [4.78, 5) is 9.95. The first-order chi connectivity index (χ1) is 7.81. The lowest BCUT2D eigenvalue weighted by Crippen LogP contribution is -2.47. The summed E-state index contributed by atoms with van der Waals surface area (Å²) in [5.41, 5.74) is 1.13. The van der Waals surface area contributed by atoms with Crippen LogP contribution in [0.2, 0.25) is 0 Å². The molecule has 0 aliphatic rings. The molecule has 0 fully saturated rings. The summed E-state index contributed by atoms with van der Waals surface area (Å²) in [5, 5.41) is 7.68. The molecule has 1 rings (SSSR count). The van der Waals surface area contributed by atoms with Crippen LogP contribution >= 0.6 is 11.3 Å². The highest BCUT2D eigenvalue weighted by atomic mass is 32.1. The molecule has 0 saturated carbocycles. The van der Waals surface area contributed by atoms with Gasteiger partial charge in [0, 0.05) is 17.5 Å². The predicted octanol–water partition coefficient (Wildman–Crippen LogP) is 2.22. The molecule has 0 aromatic carbocycles. The minimum absolute atomic E-state index is 0.0105. The number of nitrogens with zero attached hydrogens (tertiary/aromatic N) is 2. The Kier molecular flexibility index (Phi) is 4.51. The second-order valence-electron chi connectivity index (χ2n) is 5.05. The number of aryl methyl sites for hydroxylation is 2. The van der Waals surface area contributed by atoms with Gasteiger partial charge in [0.1, 0.15) is 5.01 Å². The fraction of sp³-hybridized carbons (Fsp3) is 0.667. The molecule has 5 heteroatoms. The first-order valence-corrected chi connectivity index (χ1v) is 6.55. The number of hydrogen-bond acceptors (Lipinski definition) is 3. The molecule has 0 bridgehead atoms. The van der Waals surface area contributed by atoms with Gasteiger partial charge in [-0.3, -0.25) is 4.99 Å². The van der Waals surface area contributed by atoms with E-state index in [0.717, 1.165) is 23.2 Å². The number of aliphatic imine (C=N–C) groups is 1. The molecule has 0 atom stereocenters. The minimum Gasteiger partial charge on any atom is -0.352 e. The monoisotopic (exact) mass is 254 g/mol. The summed E-state index contributed by atoms with van der Waals surface area (Å²) in [6.45, 7) is 11.2. The quantitative estimate of drug-likeness (QED) is 0.628. The van der Waals surface area contributed by atoms with Crippen molar-refractivity contribution in [2.45, 2.75) is 46.7 Å².